The lowest BCUT2D eigenvalue weighted by atomic mass is 10.1. The van der Waals surface area contributed by atoms with Crippen molar-refractivity contribution < 1.29 is 14.3 Å². The van der Waals surface area contributed by atoms with Crippen LogP contribution in [-0.4, -0.2) is 50.6 Å². The van der Waals surface area contributed by atoms with Crippen LogP contribution in [0.15, 0.2) is 0 Å². The molecule has 0 saturated heterocycles. The molecule has 1 unspecified atom stereocenters. The third kappa shape index (κ3) is 8.94. The van der Waals surface area contributed by atoms with Gasteiger partial charge < -0.3 is 15.0 Å². The van der Waals surface area contributed by atoms with E-state index in [1.807, 2.05) is 25.9 Å². The summed E-state index contributed by atoms with van der Waals surface area (Å²) in [5, 5.41) is 2.68. The molecule has 0 aliphatic heterocycles. The highest BCUT2D eigenvalue weighted by Crippen LogP contribution is 1.99. The number of nitrogens with one attached hydrogen (secondary N) is 1. The number of methoxy groups -OCH3 is 1. The van der Waals surface area contributed by atoms with Crippen LogP contribution < -0.4 is 5.32 Å². The topological polar surface area (TPSA) is 58.6 Å². The van der Waals surface area contributed by atoms with Crippen molar-refractivity contribution in [3.05, 3.63) is 0 Å². The summed E-state index contributed by atoms with van der Waals surface area (Å²) in [6.45, 7) is 2.63. The minimum absolute atomic E-state index is 0. The van der Waals surface area contributed by atoms with Crippen molar-refractivity contribution in [3.63, 3.8) is 0 Å². The van der Waals surface area contributed by atoms with Gasteiger partial charge in [-0.3, -0.25) is 4.79 Å². The molecule has 0 heterocycles. The maximum atomic E-state index is 11.5. The molecule has 0 aromatic carbocycles. The second-order valence-electron chi connectivity index (χ2n) is 3.99. The highest BCUT2D eigenvalue weighted by atomic mass is 35.5. The van der Waals surface area contributed by atoms with Gasteiger partial charge in [-0.1, -0.05) is 13.3 Å². The Balaban J connectivity index is 0. The van der Waals surface area contributed by atoms with Gasteiger partial charge in [0.25, 0.3) is 0 Å². The molecule has 0 bridgehead atoms. The summed E-state index contributed by atoms with van der Waals surface area (Å²) in [6, 6.07) is -0.510. The molecule has 0 radical (unpaired) electrons. The van der Waals surface area contributed by atoms with E-state index >= 15 is 0 Å². The van der Waals surface area contributed by atoms with Gasteiger partial charge in [-0.25, -0.2) is 4.79 Å². The highest BCUT2D eigenvalue weighted by Gasteiger charge is 2.19. The van der Waals surface area contributed by atoms with Crippen LogP contribution in [0.4, 0.5) is 0 Å². The summed E-state index contributed by atoms with van der Waals surface area (Å²) in [7, 11) is 5.13. The first-order valence-electron chi connectivity index (χ1n) is 5.53. The number of carbonyl (C=O) groups excluding carboxylic acids is 2. The van der Waals surface area contributed by atoms with Gasteiger partial charge in [0.2, 0.25) is 5.91 Å². The lowest BCUT2D eigenvalue weighted by Gasteiger charge is -2.16. The average Bonchev–Trinajstić information content (AvgIpc) is 2.24. The molecule has 17 heavy (non-hydrogen) atoms. The van der Waals surface area contributed by atoms with Gasteiger partial charge >= 0.3 is 5.97 Å². The van der Waals surface area contributed by atoms with E-state index in [2.05, 4.69) is 10.1 Å². The zero-order valence-corrected chi connectivity index (χ0v) is 11.8. The number of rotatable bonds is 7. The van der Waals surface area contributed by atoms with Crippen LogP contribution in [0.5, 0.6) is 0 Å². The number of halogens is 1. The monoisotopic (exact) mass is 266 g/mol. The zero-order chi connectivity index (χ0) is 12.6. The second kappa shape index (κ2) is 10.4. The average molecular weight is 267 g/mol. The molecule has 102 valence electrons. The van der Waals surface area contributed by atoms with E-state index in [1.54, 1.807) is 0 Å². The normalized spacial score (nSPS) is 11.6. The lowest BCUT2D eigenvalue weighted by Crippen LogP contribution is -2.42. The first-order valence-corrected chi connectivity index (χ1v) is 5.53. The summed E-state index contributed by atoms with van der Waals surface area (Å²) >= 11 is 0. The number of amides is 1. The molecular weight excluding hydrogens is 244 g/mol. The summed E-state index contributed by atoms with van der Waals surface area (Å²) < 4.78 is 4.63. The summed E-state index contributed by atoms with van der Waals surface area (Å²) in [5.41, 5.74) is 0. The van der Waals surface area contributed by atoms with E-state index in [0.717, 1.165) is 6.42 Å². The Hall–Kier alpha value is -0.810. The fourth-order valence-corrected chi connectivity index (χ4v) is 1.27. The van der Waals surface area contributed by atoms with Crippen LogP contribution in [0.1, 0.15) is 26.2 Å². The minimum Gasteiger partial charge on any atom is -0.467 e. The third-order valence-electron chi connectivity index (χ3n) is 2.18. The van der Waals surface area contributed by atoms with E-state index in [-0.39, 0.29) is 24.3 Å². The van der Waals surface area contributed by atoms with Crippen LogP contribution in [0.3, 0.4) is 0 Å². The molecule has 0 aliphatic carbocycles. The van der Waals surface area contributed by atoms with Gasteiger partial charge in [0.15, 0.2) is 0 Å². The lowest BCUT2D eigenvalue weighted by molar-refractivity contribution is -0.145. The van der Waals surface area contributed by atoms with E-state index in [4.69, 9.17) is 0 Å². The van der Waals surface area contributed by atoms with Crippen LogP contribution in [-0.2, 0) is 14.3 Å². The Kier molecular flexibility index (Phi) is 11.3. The first-order chi connectivity index (χ1) is 7.51. The molecule has 6 heteroatoms. The highest BCUT2D eigenvalue weighted by molar-refractivity contribution is 5.85. The fraction of sp³-hybridized carbons (Fsp3) is 0.818. The van der Waals surface area contributed by atoms with Crippen LogP contribution in [0, 0.1) is 0 Å². The Morgan fingerprint density at radius 1 is 1.35 bits per heavy atom. The molecule has 0 spiro atoms. The Labute approximate surface area is 109 Å². The number of hydrogen-bond donors (Lipinski definition) is 1. The van der Waals surface area contributed by atoms with Crippen molar-refractivity contribution in [1.82, 2.24) is 10.2 Å². The Morgan fingerprint density at radius 2 is 1.94 bits per heavy atom. The van der Waals surface area contributed by atoms with Crippen molar-refractivity contribution in [2.45, 2.75) is 32.2 Å². The van der Waals surface area contributed by atoms with Crippen LogP contribution in [0.2, 0.25) is 0 Å². The Bertz CT molecular complexity index is 235. The largest absolute Gasteiger partial charge is 0.467 e. The summed E-state index contributed by atoms with van der Waals surface area (Å²) in [4.78, 5) is 24.8. The van der Waals surface area contributed by atoms with Gasteiger partial charge in [0.1, 0.15) is 6.04 Å². The van der Waals surface area contributed by atoms with Crippen LogP contribution in [0.25, 0.3) is 0 Å². The van der Waals surface area contributed by atoms with Crippen molar-refractivity contribution in [1.29, 1.82) is 0 Å². The smallest absolute Gasteiger partial charge is 0.328 e. The van der Waals surface area contributed by atoms with Gasteiger partial charge in [-0.2, -0.15) is 0 Å². The van der Waals surface area contributed by atoms with E-state index in [0.29, 0.717) is 19.4 Å². The van der Waals surface area contributed by atoms with Crippen molar-refractivity contribution in [2.75, 3.05) is 27.7 Å². The maximum Gasteiger partial charge on any atom is 0.328 e. The quantitative estimate of drug-likeness (QED) is 0.693. The van der Waals surface area contributed by atoms with Crippen molar-refractivity contribution >= 4 is 24.3 Å². The number of carbonyl (C=O) groups is 2. The van der Waals surface area contributed by atoms with Crippen molar-refractivity contribution in [3.8, 4) is 0 Å². The number of esters is 1. The maximum absolute atomic E-state index is 11.5. The molecule has 5 nitrogen and oxygen atoms in total. The summed E-state index contributed by atoms with van der Waals surface area (Å²) in [5.74, 6) is -0.488. The molecule has 0 rings (SSSR count). The van der Waals surface area contributed by atoms with Crippen molar-refractivity contribution in [2.24, 2.45) is 0 Å². The third-order valence-corrected chi connectivity index (χ3v) is 2.18. The molecular formula is C11H23ClN2O3. The molecule has 1 N–H and O–H groups in total. The SMILES string of the molecule is CCCC(NC(=O)CCN(C)C)C(=O)OC.Cl. The van der Waals surface area contributed by atoms with E-state index in [1.165, 1.54) is 7.11 Å². The molecule has 0 fully saturated rings. The first kappa shape index (κ1) is 18.6. The van der Waals surface area contributed by atoms with Gasteiger partial charge in [-0.05, 0) is 20.5 Å². The summed E-state index contributed by atoms with van der Waals surface area (Å²) in [6.07, 6.45) is 1.83. The Morgan fingerprint density at radius 3 is 2.35 bits per heavy atom. The molecule has 0 aliphatic rings. The molecule has 1 atom stereocenters. The predicted molar refractivity (Wildman–Crippen MR) is 69.3 cm³/mol. The van der Waals surface area contributed by atoms with E-state index < -0.39 is 6.04 Å². The fourth-order valence-electron chi connectivity index (χ4n) is 1.27. The zero-order valence-electron chi connectivity index (χ0n) is 11.0. The predicted octanol–water partition coefficient (Wildman–Crippen LogP) is 0.818. The molecule has 1 amide bonds. The van der Waals surface area contributed by atoms with Gasteiger partial charge in [0.05, 0.1) is 7.11 Å². The van der Waals surface area contributed by atoms with Crippen LogP contribution >= 0.6 is 12.4 Å². The number of hydrogen-bond acceptors (Lipinski definition) is 4. The van der Waals surface area contributed by atoms with Gasteiger partial charge in [0, 0.05) is 13.0 Å². The van der Waals surface area contributed by atoms with E-state index in [9.17, 15) is 9.59 Å². The van der Waals surface area contributed by atoms with Gasteiger partial charge in [-0.15, -0.1) is 12.4 Å². The number of nitrogens with zero attached hydrogens (tertiary/aromatic N) is 1. The second-order valence-corrected chi connectivity index (χ2v) is 3.99. The minimum atomic E-state index is -0.510. The number of ether oxygens (including phenoxy) is 1. The molecule has 0 saturated carbocycles. The molecule has 0 aromatic heterocycles. The standard InChI is InChI=1S/C11H22N2O3.ClH/c1-5-6-9(11(15)16-4)12-10(14)7-8-13(2)3;/h9H,5-8H2,1-4H3,(H,12,14);1H. The molecule has 0 aromatic rings.